The topological polar surface area (TPSA) is 62.0 Å². The second-order valence-electron chi connectivity index (χ2n) is 10.0. The number of rotatable bonds is 11. The lowest BCUT2D eigenvalue weighted by molar-refractivity contribution is -0.0100. The molecule has 1 saturated heterocycles. The van der Waals surface area contributed by atoms with Crippen LogP contribution in [0.1, 0.15) is 52.0 Å². The van der Waals surface area contributed by atoms with Crippen molar-refractivity contribution in [1.82, 2.24) is 10.1 Å². The SMILES string of the molecule is CC1CCN(c2onc(-c3ccccc3)c2CN(CC2CC2)C[C@H](O)COC(C)C)CC1. The van der Waals surface area contributed by atoms with E-state index in [0.29, 0.717) is 13.2 Å². The summed E-state index contributed by atoms with van der Waals surface area (Å²) in [6, 6.07) is 10.3. The van der Waals surface area contributed by atoms with Gasteiger partial charge in [0.05, 0.1) is 24.4 Å². The maximum Gasteiger partial charge on any atom is 0.232 e. The molecule has 2 aliphatic rings. The molecule has 4 rings (SSSR count). The number of piperidine rings is 1. The zero-order valence-electron chi connectivity index (χ0n) is 19.9. The molecule has 1 atom stereocenters. The number of aliphatic hydroxyl groups is 1. The number of aromatic nitrogens is 1. The van der Waals surface area contributed by atoms with E-state index in [1.807, 2.05) is 32.0 Å². The van der Waals surface area contributed by atoms with E-state index in [2.05, 4.69) is 34.0 Å². The molecule has 0 unspecified atom stereocenters. The van der Waals surface area contributed by atoms with E-state index in [-0.39, 0.29) is 6.10 Å². The quantitative estimate of drug-likeness (QED) is 0.551. The van der Waals surface area contributed by atoms with Crippen molar-refractivity contribution in [3.63, 3.8) is 0 Å². The first-order valence-corrected chi connectivity index (χ1v) is 12.3. The van der Waals surface area contributed by atoms with Crippen molar-refractivity contribution in [3.05, 3.63) is 35.9 Å². The van der Waals surface area contributed by atoms with Gasteiger partial charge in [-0.15, -0.1) is 0 Å². The molecular weight excluding hydrogens is 402 g/mol. The van der Waals surface area contributed by atoms with Gasteiger partial charge in [-0.05, 0) is 51.4 Å². The minimum atomic E-state index is -0.504. The van der Waals surface area contributed by atoms with E-state index >= 15 is 0 Å². The van der Waals surface area contributed by atoms with Crippen LogP contribution in [-0.2, 0) is 11.3 Å². The second kappa shape index (κ2) is 10.8. The third kappa shape index (κ3) is 6.33. The Kier molecular flexibility index (Phi) is 7.87. The van der Waals surface area contributed by atoms with Crippen molar-refractivity contribution in [1.29, 1.82) is 0 Å². The Bertz CT molecular complexity index is 826. The van der Waals surface area contributed by atoms with Crippen LogP contribution in [0.25, 0.3) is 11.3 Å². The summed E-state index contributed by atoms with van der Waals surface area (Å²) in [6.45, 7) is 11.0. The van der Waals surface area contributed by atoms with Gasteiger partial charge >= 0.3 is 0 Å². The Hall–Kier alpha value is -1.89. The second-order valence-corrected chi connectivity index (χ2v) is 10.0. The van der Waals surface area contributed by atoms with Crippen LogP contribution < -0.4 is 4.90 Å². The van der Waals surface area contributed by atoms with Gasteiger partial charge in [-0.2, -0.15) is 0 Å². The minimum Gasteiger partial charge on any atom is -0.389 e. The van der Waals surface area contributed by atoms with Crippen LogP contribution in [0.2, 0.25) is 0 Å². The summed E-state index contributed by atoms with van der Waals surface area (Å²) in [4.78, 5) is 4.74. The molecule has 1 aromatic heterocycles. The van der Waals surface area contributed by atoms with Crippen molar-refractivity contribution >= 4 is 5.88 Å². The molecular formula is C26H39N3O3. The van der Waals surface area contributed by atoms with Gasteiger partial charge in [-0.25, -0.2) is 0 Å². The highest BCUT2D eigenvalue weighted by molar-refractivity contribution is 5.68. The molecule has 0 amide bonds. The van der Waals surface area contributed by atoms with Gasteiger partial charge < -0.3 is 19.3 Å². The molecule has 0 bridgehead atoms. The van der Waals surface area contributed by atoms with Gasteiger partial charge in [0.1, 0.15) is 5.69 Å². The largest absolute Gasteiger partial charge is 0.389 e. The number of hydrogen-bond acceptors (Lipinski definition) is 6. The van der Waals surface area contributed by atoms with E-state index in [9.17, 15) is 5.11 Å². The maximum absolute atomic E-state index is 10.6. The normalized spacial score (nSPS) is 18.6. The van der Waals surface area contributed by atoms with Crippen LogP contribution in [0.4, 0.5) is 5.88 Å². The molecule has 32 heavy (non-hydrogen) atoms. The molecule has 1 saturated carbocycles. The lowest BCUT2D eigenvalue weighted by Crippen LogP contribution is -2.37. The number of nitrogens with zero attached hydrogens (tertiary/aromatic N) is 3. The number of anilines is 1. The lowest BCUT2D eigenvalue weighted by Gasteiger charge is -2.31. The molecule has 1 aromatic carbocycles. The highest BCUT2D eigenvalue weighted by Gasteiger charge is 2.30. The van der Waals surface area contributed by atoms with E-state index in [1.165, 1.54) is 25.7 Å². The fourth-order valence-corrected chi connectivity index (χ4v) is 4.47. The van der Waals surface area contributed by atoms with Crippen molar-refractivity contribution < 1.29 is 14.4 Å². The molecule has 0 spiro atoms. The molecule has 2 fully saturated rings. The molecule has 1 aliphatic heterocycles. The van der Waals surface area contributed by atoms with Crippen LogP contribution in [0.3, 0.4) is 0 Å². The fourth-order valence-electron chi connectivity index (χ4n) is 4.47. The van der Waals surface area contributed by atoms with Crippen molar-refractivity contribution in [2.45, 2.75) is 65.2 Å². The van der Waals surface area contributed by atoms with Gasteiger partial charge in [0.15, 0.2) is 0 Å². The predicted octanol–water partition coefficient (Wildman–Crippen LogP) is 4.58. The van der Waals surface area contributed by atoms with E-state index in [0.717, 1.165) is 60.7 Å². The summed E-state index contributed by atoms with van der Waals surface area (Å²) in [6.07, 6.45) is 4.53. The molecule has 1 aliphatic carbocycles. The smallest absolute Gasteiger partial charge is 0.232 e. The van der Waals surface area contributed by atoms with Crippen molar-refractivity contribution in [2.24, 2.45) is 11.8 Å². The fraction of sp³-hybridized carbons (Fsp3) is 0.654. The molecule has 2 heterocycles. The first-order valence-electron chi connectivity index (χ1n) is 12.3. The van der Waals surface area contributed by atoms with Gasteiger partial charge in [0.25, 0.3) is 0 Å². The summed E-state index contributed by atoms with van der Waals surface area (Å²) in [7, 11) is 0. The molecule has 6 nitrogen and oxygen atoms in total. The Morgan fingerprint density at radius 1 is 1.16 bits per heavy atom. The molecule has 176 valence electrons. The van der Waals surface area contributed by atoms with Crippen LogP contribution in [0.5, 0.6) is 0 Å². The third-order valence-electron chi connectivity index (χ3n) is 6.57. The van der Waals surface area contributed by atoms with Crippen molar-refractivity contribution in [3.8, 4) is 11.3 Å². The monoisotopic (exact) mass is 441 g/mol. The molecule has 1 N–H and O–H groups in total. The minimum absolute atomic E-state index is 0.123. The Balaban J connectivity index is 1.57. The summed E-state index contributed by atoms with van der Waals surface area (Å²) >= 11 is 0. The number of benzene rings is 1. The first kappa shape index (κ1) is 23.3. The Labute approximate surface area is 192 Å². The highest BCUT2D eigenvalue weighted by atomic mass is 16.5. The number of hydrogen-bond donors (Lipinski definition) is 1. The third-order valence-corrected chi connectivity index (χ3v) is 6.57. The average Bonchev–Trinajstić information content (AvgIpc) is 3.50. The number of ether oxygens (including phenoxy) is 1. The standard InChI is InChI=1S/C26H39N3O3/c1-19(2)31-18-23(30)16-28(15-21-9-10-21)17-24-25(22-7-5-4-6-8-22)27-32-26(24)29-13-11-20(3)12-14-29/h4-8,19-21,23,30H,9-18H2,1-3H3/t23-/m0/s1. The molecule has 2 aromatic rings. The lowest BCUT2D eigenvalue weighted by atomic mass is 9.98. The summed E-state index contributed by atoms with van der Waals surface area (Å²) in [5, 5.41) is 15.2. The van der Waals surface area contributed by atoms with E-state index < -0.39 is 6.10 Å². The van der Waals surface area contributed by atoms with E-state index in [4.69, 9.17) is 9.26 Å². The van der Waals surface area contributed by atoms with Gasteiger partial charge in [0.2, 0.25) is 5.88 Å². The van der Waals surface area contributed by atoms with Crippen LogP contribution in [0, 0.1) is 11.8 Å². The Morgan fingerprint density at radius 3 is 2.53 bits per heavy atom. The summed E-state index contributed by atoms with van der Waals surface area (Å²) in [5.74, 6) is 2.39. The Morgan fingerprint density at radius 2 is 1.88 bits per heavy atom. The van der Waals surface area contributed by atoms with Gasteiger partial charge in [0, 0.05) is 38.3 Å². The van der Waals surface area contributed by atoms with Crippen LogP contribution >= 0.6 is 0 Å². The van der Waals surface area contributed by atoms with Gasteiger partial charge in [-0.3, -0.25) is 4.90 Å². The van der Waals surface area contributed by atoms with Crippen LogP contribution in [0.15, 0.2) is 34.9 Å². The maximum atomic E-state index is 10.6. The molecule has 6 heteroatoms. The highest BCUT2D eigenvalue weighted by Crippen LogP contribution is 2.36. The van der Waals surface area contributed by atoms with Crippen LogP contribution in [-0.4, -0.2) is 60.2 Å². The predicted molar refractivity (Wildman–Crippen MR) is 128 cm³/mol. The van der Waals surface area contributed by atoms with E-state index in [1.54, 1.807) is 0 Å². The zero-order valence-corrected chi connectivity index (χ0v) is 19.9. The summed E-state index contributed by atoms with van der Waals surface area (Å²) < 4.78 is 11.7. The van der Waals surface area contributed by atoms with Crippen molar-refractivity contribution in [2.75, 3.05) is 37.7 Å². The van der Waals surface area contributed by atoms with Gasteiger partial charge in [-0.1, -0.05) is 42.4 Å². The molecule has 0 radical (unpaired) electrons. The average molecular weight is 442 g/mol. The first-order chi connectivity index (χ1) is 15.5. The summed E-state index contributed by atoms with van der Waals surface area (Å²) in [5.41, 5.74) is 3.15. The zero-order chi connectivity index (χ0) is 22.5. The number of aliphatic hydroxyl groups excluding tert-OH is 1.